The maximum atomic E-state index is 8.95. The van der Waals surface area contributed by atoms with Crippen molar-refractivity contribution in [2.75, 3.05) is 0 Å². The standard InChI is InChI=1S/C30H33N/c1-23(28-5-3-2-4-6-28)21-26-11-9-24(10-12-26)7-8-25-13-17-29(18-14-25)30-19-15-27(22-31)16-20-30/h2-6,13-20,23-24,26H,7-12,21H2,1H3/t23-,24?,26?/m1/s1. The van der Waals surface area contributed by atoms with Crippen molar-refractivity contribution < 1.29 is 0 Å². The van der Waals surface area contributed by atoms with Gasteiger partial charge in [0, 0.05) is 0 Å². The van der Waals surface area contributed by atoms with E-state index in [0.29, 0.717) is 11.5 Å². The largest absolute Gasteiger partial charge is 0.192 e. The van der Waals surface area contributed by atoms with Crippen LogP contribution in [-0.2, 0) is 6.42 Å². The maximum Gasteiger partial charge on any atom is 0.0991 e. The topological polar surface area (TPSA) is 23.8 Å². The molecule has 3 aromatic carbocycles. The fraction of sp³-hybridized carbons (Fsp3) is 0.367. The first-order valence-corrected chi connectivity index (χ1v) is 11.9. The highest BCUT2D eigenvalue weighted by Crippen LogP contribution is 2.37. The van der Waals surface area contributed by atoms with Gasteiger partial charge in [-0.2, -0.15) is 5.26 Å². The quantitative estimate of drug-likeness (QED) is 0.387. The zero-order valence-corrected chi connectivity index (χ0v) is 18.6. The molecular formula is C30H33N. The Morgan fingerprint density at radius 1 is 0.774 bits per heavy atom. The number of rotatable bonds is 7. The van der Waals surface area contributed by atoms with Gasteiger partial charge in [-0.15, -0.1) is 0 Å². The van der Waals surface area contributed by atoms with Crippen LogP contribution in [0.2, 0.25) is 0 Å². The lowest BCUT2D eigenvalue weighted by atomic mass is 9.75. The second-order valence-electron chi connectivity index (χ2n) is 9.36. The summed E-state index contributed by atoms with van der Waals surface area (Å²) in [5.41, 5.74) is 6.05. The van der Waals surface area contributed by atoms with Gasteiger partial charge in [-0.25, -0.2) is 0 Å². The van der Waals surface area contributed by atoms with Crippen LogP contribution in [0, 0.1) is 23.2 Å². The van der Waals surface area contributed by atoms with Crippen LogP contribution >= 0.6 is 0 Å². The van der Waals surface area contributed by atoms with E-state index in [0.717, 1.165) is 11.8 Å². The molecule has 1 nitrogen and oxygen atoms in total. The van der Waals surface area contributed by atoms with E-state index in [-0.39, 0.29) is 0 Å². The average molecular weight is 408 g/mol. The van der Waals surface area contributed by atoms with Crippen molar-refractivity contribution in [3.63, 3.8) is 0 Å². The van der Waals surface area contributed by atoms with Gasteiger partial charge in [0.25, 0.3) is 0 Å². The lowest BCUT2D eigenvalue weighted by Crippen LogP contribution is -2.16. The van der Waals surface area contributed by atoms with E-state index < -0.39 is 0 Å². The van der Waals surface area contributed by atoms with Gasteiger partial charge in [0.1, 0.15) is 0 Å². The summed E-state index contributed by atoms with van der Waals surface area (Å²) in [4.78, 5) is 0. The molecule has 0 spiro atoms. The first-order chi connectivity index (χ1) is 15.2. The molecule has 0 bridgehead atoms. The Balaban J connectivity index is 1.22. The minimum Gasteiger partial charge on any atom is -0.192 e. The molecule has 3 aromatic rings. The predicted octanol–water partition coefficient (Wildman–Crippen LogP) is 8.16. The predicted molar refractivity (Wildman–Crippen MR) is 130 cm³/mol. The molecule has 1 atom stereocenters. The van der Waals surface area contributed by atoms with E-state index in [1.165, 1.54) is 67.2 Å². The number of nitriles is 1. The molecule has 0 aromatic heterocycles. The molecule has 0 saturated heterocycles. The highest BCUT2D eigenvalue weighted by atomic mass is 14.3. The zero-order valence-electron chi connectivity index (χ0n) is 18.6. The van der Waals surface area contributed by atoms with Crippen LogP contribution in [0.4, 0.5) is 0 Å². The highest BCUT2D eigenvalue weighted by molar-refractivity contribution is 5.64. The lowest BCUT2D eigenvalue weighted by molar-refractivity contribution is 0.245. The van der Waals surface area contributed by atoms with Crippen LogP contribution in [0.1, 0.15) is 68.1 Å². The van der Waals surface area contributed by atoms with Crippen molar-refractivity contribution in [2.24, 2.45) is 11.8 Å². The Hall–Kier alpha value is -2.85. The number of benzene rings is 3. The molecule has 1 aliphatic rings. The van der Waals surface area contributed by atoms with Gasteiger partial charge < -0.3 is 0 Å². The Kier molecular flexibility index (Phi) is 7.21. The van der Waals surface area contributed by atoms with E-state index in [1.54, 1.807) is 0 Å². The molecule has 31 heavy (non-hydrogen) atoms. The fourth-order valence-corrected chi connectivity index (χ4v) is 5.15. The summed E-state index contributed by atoms with van der Waals surface area (Å²) >= 11 is 0. The van der Waals surface area contributed by atoms with Gasteiger partial charge in [0.05, 0.1) is 11.6 Å². The van der Waals surface area contributed by atoms with E-state index in [1.807, 2.05) is 24.3 Å². The van der Waals surface area contributed by atoms with Crippen molar-refractivity contribution >= 4 is 0 Å². The van der Waals surface area contributed by atoms with Crippen LogP contribution in [0.3, 0.4) is 0 Å². The third-order valence-electron chi connectivity index (χ3n) is 7.16. The molecule has 1 fully saturated rings. The monoisotopic (exact) mass is 407 g/mol. The summed E-state index contributed by atoms with van der Waals surface area (Å²) in [7, 11) is 0. The first-order valence-electron chi connectivity index (χ1n) is 11.9. The van der Waals surface area contributed by atoms with Gasteiger partial charge in [-0.05, 0) is 71.4 Å². The third-order valence-corrected chi connectivity index (χ3v) is 7.16. The molecule has 4 rings (SSSR count). The van der Waals surface area contributed by atoms with Crippen molar-refractivity contribution in [3.05, 3.63) is 95.6 Å². The molecule has 1 aliphatic carbocycles. The van der Waals surface area contributed by atoms with Gasteiger partial charge >= 0.3 is 0 Å². The summed E-state index contributed by atoms with van der Waals surface area (Å²) in [6.45, 7) is 2.39. The third kappa shape index (κ3) is 5.86. The first kappa shape index (κ1) is 21.4. The normalized spacial score (nSPS) is 19.5. The summed E-state index contributed by atoms with van der Waals surface area (Å²) in [6.07, 6.45) is 9.44. The highest BCUT2D eigenvalue weighted by Gasteiger charge is 2.23. The Morgan fingerprint density at radius 3 is 1.97 bits per heavy atom. The van der Waals surface area contributed by atoms with Gasteiger partial charge in [-0.3, -0.25) is 0 Å². The smallest absolute Gasteiger partial charge is 0.0991 e. The molecule has 0 heterocycles. The minimum atomic E-state index is 0.678. The number of hydrogen-bond acceptors (Lipinski definition) is 1. The van der Waals surface area contributed by atoms with Gasteiger partial charge in [-0.1, -0.05) is 99.3 Å². The SMILES string of the molecule is C[C@H](CC1CCC(CCc2ccc(-c3ccc(C#N)cc3)cc2)CC1)c1ccccc1. The van der Waals surface area contributed by atoms with Gasteiger partial charge in [0.2, 0.25) is 0 Å². The van der Waals surface area contributed by atoms with Crippen molar-refractivity contribution in [1.82, 2.24) is 0 Å². The molecule has 0 N–H and O–H groups in total. The zero-order chi connectivity index (χ0) is 21.5. The summed E-state index contributed by atoms with van der Waals surface area (Å²) in [6, 6.07) is 30.0. The average Bonchev–Trinajstić information content (AvgIpc) is 2.84. The Labute approximate surface area is 187 Å². The van der Waals surface area contributed by atoms with Crippen LogP contribution in [-0.4, -0.2) is 0 Å². The van der Waals surface area contributed by atoms with E-state index in [4.69, 9.17) is 5.26 Å². The molecule has 1 saturated carbocycles. The van der Waals surface area contributed by atoms with E-state index >= 15 is 0 Å². The Morgan fingerprint density at radius 2 is 1.35 bits per heavy atom. The fourth-order valence-electron chi connectivity index (χ4n) is 5.15. The number of hydrogen-bond donors (Lipinski definition) is 0. The molecule has 1 heteroatoms. The minimum absolute atomic E-state index is 0.678. The van der Waals surface area contributed by atoms with Gasteiger partial charge in [0.15, 0.2) is 0 Å². The van der Waals surface area contributed by atoms with Crippen LogP contribution < -0.4 is 0 Å². The number of nitrogens with zero attached hydrogens (tertiary/aromatic N) is 1. The van der Waals surface area contributed by atoms with Crippen LogP contribution in [0.15, 0.2) is 78.9 Å². The molecule has 0 aliphatic heterocycles. The van der Waals surface area contributed by atoms with Crippen molar-refractivity contribution in [1.29, 1.82) is 5.26 Å². The van der Waals surface area contributed by atoms with Crippen molar-refractivity contribution in [2.45, 2.75) is 57.8 Å². The summed E-state index contributed by atoms with van der Waals surface area (Å²) in [5, 5.41) is 8.95. The molecule has 0 amide bonds. The number of aryl methyl sites for hydroxylation is 1. The lowest BCUT2D eigenvalue weighted by Gasteiger charge is -2.30. The second kappa shape index (κ2) is 10.5. The van der Waals surface area contributed by atoms with Crippen molar-refractivity contribution in [3.8, 4) is 17.2 Å². The Bertz CT molecular complexity index is 971. The summed E-state index contributed by atoms with van der Waals surface area (Å²) in [5.74, 6) is 2.47. The van der Waals surface area contributed by atoms with E-state index in [9.17, 15) is 0 Å². The second-order valence-corrected chi connectivity index (χ2v) is 9.36. The van der Waals surface area contributed by atoms with Crippen LogP contribution in [0.5, 0.6) is 0 Å². The molecule has 158 valence electrons. The molecular weight excluding hydrogens is 374 g/mol. The molecule has 0 radical (unpaired) electrons. The van der Waals surface area contributed by atoms with E-state index in [2.05, 4.69) is 67.6 Å². The summed E-state index contributed by atoms with van der Waals surface area (Å²) < 4.78 is 0. The molecule has 0 unspecified atom stereocenters. The maximum absolute atomic E-state index is 8.95. The van der Waals surface area contributed by atoms with Crippen LogP contribution in [0.25, 0.3) is 11.1 Å².